The van der Waals surface area contributed by atoms with Crippen molar-refractivity contribution < 1.29 is 17.9 Å². The summed E-state index contributed by atoms with van der Waals surface area (Å²) < 4.78 is 37.5. The summed E-state index contributed by atoms with van der Waals surface area (Å²) in [7, 11) is 0.733. The van der Waals surface area contributed by atoms with E-state index < -0.39 is 10.0 Å². The molecule has 0 N–H and O–H groups in total. The Labute approximate surface area is 148 Å². The van der Waals surface area contributed by atoms with E-state index in [-0.39, 0.29) is 11.4 Å². The van der Waals surface area contributed by atoms with Crippen molar-refractivity contribution in [3.05, 3.63) is 53.1 Å². The highest BCUT2D eigenvalue weighted by Gasteiger charge is 2.25. The summed E-state index contributed by atoms with van der Waals surface area (Å²) in [5.74, 6) is 0.829. The second-order valence-corrected chi connectivity index (χ2v) is 7.56. The Morgan fingerprint density at radius 2 is 1.76 bits per heavy atom. The molecule has 0 heterocycles. The molecule has 0 aliphatic heterocycles. The van der Waals surface area contributed by atoms with Gasteiger partial charge in [0.25, 0.3) is 0 Å². The zero-order valence-corrected chi connectivity index (χ0v) is 15.4. The Bertz CT molecular complexity index is 917. The Morgan fingerprint density at radius 3 is 2.36 bits per heavy atom. The van der Waals surface area contributed by atoms with Gasteiger partial charge in [-0.15, -0.1) is 0 Å². The molecule has 0 aliphatic rings. The maximum atomic E-state index is 12.9. The third kappa shape index (κ3) is 3.92. The normalized spacial score (nSPS) is 11.2. The van der Waals surface area contributed by atoms with Crippen LogP contribution >= 0.6 is 0 Å². The zero-order valence-electron chi connectivity index (χ0n) is 14.6. The van der Waals surface area contributed by atoms with Crippen molar-refractivity contribution in [1.82, 2.24) is 4.31 Å². The van der Waals surface area contributed by atoms with Gasteiger partial charge in [0.1, 0.15) is 0 Å². The van der Waals surface area contributed by atoms with Gasteiger partial charge in [-0.3, -0.25) is 0 Å². The highest BCUT2D eigenvalue weighted by Crippen LogP contribution is 2.33. The molecule has 0 atom stereocenters. The van der Waals surface area contributed by atoms with Gasteiger partial charge in [-0.2, -0.15) is 9.57 Å². The fourth-order valence-electron chi connectivity index (χ4n) is 2.49. The van der Waals surface area contributed by atoms with Crippen LogP contribution < -0.4 is 9.47 Å². The smallest absolute Gasteiger partial charge is 0.243 e. The van der Waals surface area contributed by atoms with Crippen molar-refractivity contribution in [2.75, 3.05) is 21.3 Å². The first-order valence-electron chi connectivity index (χ1n) is 7.51. The standard InChI is InChI=1S/C18H20N2O4S/c1-13-8-16(23-3)17(24-4)10-18(13)25(21,22)20(2)12-15-7-5-6-14(9-15)11-19/h5-10H,12H2,1-4H3. The Morgan fingerprint density at radius 1 is 1.12 bits per heavy atom. The average molecular weight is 360 g/mol. The molecule has 6 nitrogen and oxygen atoms in total. The number of benzene rings is 2. The minimum Gasteiger partial charge on any atom is -0.493 e. The lowest BCUT2D eigenvalue weighted by atomic mass is 10.1. The molecule has 0 aromatic heterocycles. The Balaban J connectivity index is 2.39. The molecule has 2 aromatic rings. The molecule has 0 saturated carbocycles. The van der Waals surface area contributed by atoms with Crippen LogP contribution in [0.15, 0.2) is 41.3 Å². The maximum absolute atomic E-state index is 12.9. The molecular weight excluding hydrogens is 340 g/mol. The maximum Gasteiger partial charge on any atom is 0.243 e. The summed E-state index contributed by atoms with van der Waals surface area (Å²) in [6.45, 7) is 1.87. The van der Waals surface area contributed by atoms with Gasteiger partial charge >= 0.3 is 0 Å². The first kappa shape index (κ1) is 18.8. The van der Waals surface area contributed by atoms with Gasteiger partial charge in [0.05, 0.1) is 30.7 Å². The summed E-state index contributed by atoms with van der Waals surface area (Å²) in [5, 5.41) is 8.97. The fourth-order valence-corrected chi connectivity index (χ4v) is 3.87. The van der Waals surface area contributed by atoms with Crippen LogP contribution in [0.3, 0.4) is 0 Å². The van der Waals surface area contributed by atoms with Gasteiger partial charge < -0.3 is 9.47 Å². The molecule has 0 bridgehead atoms. The van der Waals surface area contributed by atoms with Crippen LogP contribution in [-0.2, 0) is 16.6 Å². The number of nitrogens with zero attached hydrogens (tertiary/aromatic N) is 2. The highest BCUT2D eigenvalue weighted by molar-refractivity contribution is 7.89. The van der Waals surface area contributed by atoms with E-state index >= 15 is 0 Å². The summed E-state index contributed by atoms with van der Waals surface area (Å²) in [4.78, 5) is 0.157. The van der Waals surface area contributed by atoms with E-state index in [0.717, 1.165) is 5.56 Å². The first-order chi connectivity index (χ1) is 11.8. The van der Waals surface area contributed by atoms with Crippen LogP contribution in [-0.4, -0.2) is 34.0 Å². The van der Waals surface area contributed by atoms with Crippen LogP contribution in [0.4, 0.5) is 0 Å². The van der Waals surface area contributed by atoms with Crippen molar-refractivity contribution in [3.8, 4) is 17.6 Å². The molecule has 132 valence electrons. The molecule has 0 saturated heterocycles. The number of rotatable bonds is 6. The average Bonchev–Trinajstić information content (AvgIpc) is 2.61. The van der Waals surface area contributed by atoms with Crippen molar-refractivity contribution in [2.45, 2.75) is 18.4 Å². The van der Waals surface area contributed by atoms with Gasteiger partial charge in [0, 0.05) is 19.7 Å². The predicted octanol–water partition coefficient (Wildman–Crippen LogP) is 2.70. The molecular formula is C18H20N2O4S. The van der Waals surface area contributed by atoms with Crippen molar-refractivity contribution in [3.63, 3.8) is 0 Å². The van der Waals surface area contributed by atoms with Gasteiger partial charge in [-0.1, -0.05) is 12.1 Å². The topological polar surface area (TPSA) is 79.6 Å². The summed E-state index contributed by atoms with van der Waals surface area (Å²) in [5.41, 5.74) is 1.80. The van der Waals surface area contributed by atoms with Crippen LogP contribution in [0.1, 0.15) is 16.7 Å². The lowest BCUT2D eigenvalue weighted by Crippen LogP contribution is -2.27. The van der Waals surface area contributed by atoms with E-state index in [9.17, 15) is 8.42 Å². The molecule has 0 fully saturated rings. The van der Waals surface area contributed by atoms with Gasteiger partial charge in [-0.05, 0) is 36.2 Å². The zero-order chi connectivity index (χ0) is 18.6. The van der Waals surface area contributed by atoms with E-state index in [1.54, 1.807) is 37.3 Å². The van der Waals surface area contributed by atoms with Gasteiger partial charge in [0.15, 0.2) is 11.5 Å². The van der Waals surface area contributed by atoms with Crippen molar-refractivity contribution >= 4 is 10.0 Å². The lowest BCUT2D eigenvalue weighted by Gasteiger charge is -2.20. The molecule has 0 radical (unpaired) electrons. The third-order valence-electron chi connectivity index (χ3n) is 3.83. The van der Waals surface area contributed by atoms with E-state index in [0.29, 0.717) is 22.6 Å². The van der Waals surface area contributed by atoms with Crippen molar-refractivity contribution in [1.29, 1.82) is 5.26 Å². The number of aryl methyl sites for hydroxylation is 1. The summed E-state index contributed by atoms with van der Waals surface area (Å²) >= 11 is 0. The third-order valence-corrected chi connectivity index (χ3v) is 5.78. The van der Waals surface area contributed by atoms with Crippen LogP contribution in [0.2, 0.25) is 0 Å². The number of nitriles is 1. The summed E-state index contributed by atoms with van der Waals surface area (Å²) in [6, 6.07) is 12.0. The fraction of sp³-hybridized carbons (Fsp3) is 0.278. The molecule has 0 spiro atoms. The SMILES string of the molecule is COc1cc(C)c(S(=O)(=O)N(C)Cc2cccc(C#N)c2)cc1OC. The first-order valence-corrected chi connectivity index (χ1v) is 8.95. The van der Waals surface area contributed by atoms with Gasteiger partial charge in [-0.25, -0.2) is 8.42 Å². The summed E-state index contributed by atoms with van der Waals surface area (Å²) in [6.07, 6.45) is 0. The Kier molecular flexibility index (Phi) is 5.67. The Hall–Kier alpha value is -2.56. The van der Waals surface area contributed by atoms with Gasteiger partial charge in [0.2, 0.25) is 10.0 Å². The largest absolute Gasteiger partial charge is 0.493 e. The van der Waals surface area contributed by atoms with E-state index in [1.807, 2.05) is 6.07 Å². The molecule has 0 amide bonds. The predicted molar refractivity (Wildman–Crippen MR) is 94.1 cm³/mol. The quantitative estimate of drug-likeness (QED) is 0.791. The van der Waals surface area contributed by atoms with Crippen LogP contribution in [0.25, 0.3) is 0 Å². The highest BCUT2D eigenvalue weighted by atomic mass is 32.2. The molecule has 2 rings (SSSR count). The van der Waals surface area contributed by atoms with E-state index in [2.05, 4.69) is 0 Å². The molecule has 2 aromatic carbocycles. The number of sulfonamides is 1. The molecule has 0 unspecified atom stereocenters. The minimum absolute atomic E-state index is 0.157. The number of methoxy groups -OCH3 is 2. The molecule has 25 heavy (non-hydrogen) atoms. The monoisotopic (exact) mass is 360 g/mol. The van der Waals surface area contributed by atoms with Crippen LogP contribution in [0.5, 0.6) is 11.5 Å². The second kappa shape index (κ2) is 7.55. The van der Waals surface area contributed by atoms with E-state index in [4.69, 9.17) is 14.7 Å². The molecule has 0 aliphatic carbocycles. The lowest BCUT2D eigenvalue weighted by molar-refractivity contribution is 0.353. The second-order valence-electron chi connectivity index (χ2n) is 5.55. The molecule has 7 heteroatoms. The number of hydrogen-bond donors (Lipinski definition) is 0. The van der Waals surface area contributed by atoms with E-state index in [1.165, 1.54) is 31.6 Å². The minimum atomic E-state index is -3.73. The number of ether oxygens (including phenoxy) is 2. The van der Waals surface area contributed by atoms with Crippen LogP contribution in [0, 0.1) is 18.3 Å². The number of hydrogen-bond acceptors (Lipinski definition) is 5. The van der Waals surface area contributed by atoms with Crippen molar-refractivity contribution in [2.24, 2.45) is 0 Å².